The predicted molar refractivity (Wildman–Crippen MR) is 80.9 cm³/mol. The normalized spacial score (nSPS) is 26.1. The molecule has 1 aromatic heterocycles. The molecule has 1 amide bonds. The van der Waals surface area contributed by atoms with Crippen LogP contribution in [0.4, 0.5) is 0 Å². The van der Waals surface area contributed by atoms with Crippen molar-refractivity contribution in [3.63, 3.8) is 0 Å². The minimum absolute atomic E-state index is 0.00756. The summed E-state index contributed by atoms with van der Waals surface area (Å²) in [5, 5.41) is 3.15. The molecule has 0 spiro atoms. The Morgan fingerprint density at radius 1 is 1.32 bits per heavy atom. The number of H-pyrrole nitrogens is 1. The molecule has 22 heavy (non-hydrogen) atoms. The van der Waals surface area contributed by atoms with Gasteiger partial charge in [0.15, 0.2) is 0 Å². The van der Waals surface area contributed by atoms with E-state index in [0.717, 1.165) is 13.1 Å². The molecule has 2 fully saturated rings. The first-order valence-electron chi connectivity index (χ1n) is 7.57. The van der Waals surface area contributed by atoms with Gasteiger partial charge in [0.1, 0.15) is 5.75 Å². The summed E-state index contributed by atoms with van der Waals surface area (Å²) < 4.78 is 5.57. The van der Waals surface area contributed by atoms with E-state index in [1.807, 2.05) is 0 Å². The first-order valence-corrected chi connectivity index (χ1v) is 7.57. The molecule has 114 valence electrons. The van der Waals surface area contributed by atoms with Gasteiger partial charge in [0.2, 0.25) is 5.88 Å². The minimum atomic E-state index is -0.00756. The molecule has 0 radical (unpaired) electrons. The van der Waals surface area contributed by atoms with Gasteiger partial charge in [-0.05, 0) is 43.1 Å². The molecule has 1 aromatic carbocycles. The number of nitrogens with zero attached hydrogens (tertiary/aromatic N) is 2. The first kappa shape index (κ1) is 13.3. The van der Waals surface area contributed by atoms with Gasteiger partial charge in [-0.3, -0.25) is 4.79 Å². The summed E-state index contributed by atoms with van der Waals surface area (Å²) in [6.07, 6.45) is 4.36. The number of aromatic nitrogens is 2. The Kier molecular flexibility index (Phi) is 3.31. The Hall–Kier alpha value is -2.34. The summed E-state index contributed by atoms with van der Waals surface area (Å²) in [6, 6.07) is 7.45. The van der Waals surface area contributed by atoms with Crippen LogP contribution in [-0.2, 0) is 0 Å². The molecule has 2 N–H and O–H groups in total. The van der Waals surface area contributed by atoms with Gasteiger partial charge in [-0.25, -0.2) is 4.98 Å². The number of aromatic amines is 1. The lowest BCUT2D eigenvalue weighted by molar-refractivity contribution is 0.0924. The fraction of sp³-hybridized carbons (Fsp3) is 0.375. The fourth-order valence-corrected chi connectivity index (χ4v) is 3.30. The van der Waals surface area contributed by atoms with Crippen LogP contribution in [0.1, 0.15) is 16.8 Å². The second-order valence-corrected chi connectivity index (χ2v) is 5.93. The number of fused-ring (bicyclic) bond motifs is 2. The topological polar surface area (TPSA) is 70.2 Å². The molecule has 4 rings (SSSR count). The van der Waals surface area contributed by atoms with Crippen LogP contribution in [0, 0.1) is 5.92 Å². The van der Waals surface area contributed by atoms with Gasteiger partial charge in [0, 0.05) is 24.7 Å². The average molecular weight is 298 g/mol. The van der Waals surface area contributed by atoms with Crippen LogP contribution in [0.5, 0.6) is 11.6 Å². The maximum atomic E-state index is 12.3. The standard InChI is InChI=1S/C16H18N4O2/c21-16(19-14-9-20-6-5-12(14)8-20)11-1-3-13(4-2-11)22-15-7-17-10-18-15/h1-4,7,10,12,14H,5-6,8-9H2,(H,17,18)(H,19,21)/t12-,14?/m0/s1. The van der Waals surface area contributed by atoms with E-state index in [4.69, 9.17) is 4.74 Å². The summed E-state index contributed by atoms with van der Waals surface area (Å²) in [4.78, 5) is 21.5. The number of hydrogen-bond acceptors (Lipinski definition) is 4. The molecule has 2 saturated heterocycles. The van der Waals surface area contributed by atoms with Crippen molar-refractivity contribution in [2.24, 2.45) is 5.92 Å². The second-order valence-electron chi connectivity index (χ2n) is 5.93. The molecule has 6 nitrogen and oxygen atoms in total. The zero-order valence-corrected chi connectivity index (χ0v) is 12.2. The Morgan fingerprint density at radius 2 is 2.18 bits per heavy atom. The van der Waals surface area contributed by atoms with Crippen molar-refractivity contribution < 1.29 is 9.53 Å². The van der Waals surface area contributed by atoms with Crippen LogP contribution in [0.2, 0.25) is 0 Å². The maximum absolute atomic E-state index is 12.3. The Labute approximate surface area is 128 Å². The zero-order chi connectivity index (χ0) is 14.9. The van der Waals surface area contributed by atoms with E-state index in [-0.39, 0.29) is 5.91 Å². The summed E-state index contributed by atoms with van der Waals surface area (Å²) in [5.74, 6) is 1.86. The van der Waals surface area contributed by atoms with Crippen LogP contribution in [0.3, 0.4) is 0 Å². The molecule has 2 aromatic rings. The highest BCUT2D eigenvalue weighted by Crippen LogP contribution is 2.28. The van der Waals surface area contributed by atoms with Crippen LogP contribution < -0.4 is 10.1 Å². The van der Waals surface area contributed by atoms with Gasteiger partial charge in [-0.15, -0.1) is 0 Å². The van der Waals surface area contributed by atoms with Crippen LogP contribution in [0.15, 0.2) is 36.8 Å². The maximum Gasteiger partial charge on any atom is 0.251 e. The van der Waals surface area contributed by atoms with Crippen molar-refractivity contribution in [2.45, 2.75) is 12.5 Å². The highest BCUT2D eigenvalue weighted by molar-refractivity contribution is 5.94. The van der Waals surface area contributed by atoms with Gasteiger partial charge >= 0.3 is 0 Å². The molecule has 0 saturated carbocycles. The van der Waals surface area contributed by atoms with Crippen molar-refractivity contribution in [1.29, 1.82) is 0 Å². The lowest BCUT2D eigenvalue weighted by Gasteiger charge is -2.23. The number of ether oxygens (including phenoxy) is 1. The molecule has 3 heterocycles. The largest absolute Gasteiger partial charge is 0.439 e. The van der Waals surface area contributed by atoms with Crippen molar-refractivity contribution in [3.8, 4) is 11.6 Å². The third kappa shape index (κ3) is 2.57. The number of imidazole rings is 1. The quantitative estimate of drug-likeness (QED) is 0.900. The first-order chi connectivity index (χ1) is 10.8. The minimum Gasteiger partial charge on any atom is -0.439 e. The number of piperidine rings is 1. The van der Waals surface area contributed by atoms with Gasteiger partial charge in [-0.1, -0.05) is 0 Å². The third-order valence-electron chi connectivity index (χ3n) is 4.47. The lowest BCUT2D eigenvalue weighted by Crippen LogP contribution is -2.43. The summed E-state index contributed by atoms with van der Waals surface area (Å²) in [5.41, 5.74) is 0.662. The highest BCUT2D eigenvalue weighted by atomic mass is 16.5. The average Bonchev–Trinajstić information content (AvgIpc) is 3.25. The number of benzene rings is 1. The van der Waals surface area contributed by atoms with Gasteiger partial charge in [-0.2, -0.15) is 0 Å². The summed E-state index contributed by atoms with van der Waals surface area (Å²) in [6.45, 7) is 3.29. The summed E-state index contributed by atoms with van der Waals surface area (Å²) in [7, 11) is 0. The van der Waals surface area contributed by atoms with Crippen LogP contribution >= 0.6 is 0 Å². The molecule has 2 bridgehead atoms. The third-order valence-corrected chi connectivity index (χ3v) is 4.47. The smallest absolute Gasteiger partial charge is 0.251 e. The number of nitrogens with one attached hydrogen (secondary N) is 2. The van der Waals surface area contributed by atoms with Crippen molar-refractivity contribution >= 4 is 5.91 Å². The van der Waals surface area contributed by atoms with E-state index in [2.05, 4.69) is 20.2 Å². The second kappa shape index (κ2) is 5.46. The van der Waals surface area contributed by atoms with E-state index in [1.165, 1.54) is 13.0 Å². The number of amides is 1. The van der Waals surface area contributed by atoms with Crippen molar-refractivity contribution in [3.05, 3.63) is 42.4 Å². The molecule has 2 aliphatic rings. The van der Waals surface area contributed by atoms with E-state index >= 15 is 0 Å². The number of carbonyl (C=O) groups excluding carboxylic acids is 1. The van der Waals surface area contributed by atoms with E-state index in [9.17, 15) is 4.79 Å². The lowest BCUT2D eigenvalue weighted by atomic mass is 9.99. The van der Waals surface area contributed by atoms with Crippen LogP contribution in [0.25, 0.3) is 0 Å². The molecule has 6 heteroatoms. The molecule has 3 atom stereocenters. The molecule has 0 aliphatic carbocycles. The molecule has 2 unspecified atom stereocenters. The monoisotopic (exact) mass is 298 g/mol. The van der Waals surface area contributed by atoms with Crippen LogP contribution in [-0.4, -0.2) is 46.5 Å². The molecular weight excluding hydrogens is 280 g/mol. The SMILES string of the molecule is O=C(NC1CN2CC[C@H]1C2)c1ccc(Oc2cnc[nH]2)cc1. The van der Waals surface area contributed by atoms with E-state index in [0.29, 0.717) is 29.2 Å². The predicted octanol–water partition coefficient (Wildman–Crippen LogP) is 1.64. The van der Waals surface area contributed by atoms with Crippen molar-refractivity contribution in [1.82, 2.24) is 20.2 Å². The van der Waals surface area contributed by atoms with E-state index < -0.39 is 0 Å². The highest BCUT2D eigenvalue weighted by Gasteiger charge is 2.38. The number of carbonyl (C=O) groups is 1. The number of rotatable bonds is 4. The Morgan fingerprint density at radius 3 is 2.82 bits per heavy atom. The van der Waals surface area contributed by atoms with E-state index in [1.54, 1.807) is 36.8 Å². The molecular formula is C16H18N4O2. The fourth-order valence-electron chi connectivity index (χ4n) is 3.30. The summed E-state index contributed by atoms with van der Waals surface area (Å²) >= 11 is 0. The Bertz CT molecular complexity index is 653. The zero-order valence-electron chi connectivity index (χ0n) is 12.2. The van der Waals surface area contributed by atoms with Crippen molar-refractivity contribution in [2.75, 3.05) is 19.6 Å². The number of hydrogen-bond donors (Lipinski definition) is 2. The molecule has 2 aliphatic heterocycles. The Balaban J connectivity index is 1.38. The van der Waals surface area contributed by atoms with Gasteiger partial charge in [0.05, 0.1) is 12.5 Å². The van der Waals surface area contributed by atoms with Gasteiger partial charge in [0.25, 0.3) is 5.91 Å². The van der Waals surface area contributed by atoms with Gasteiger partial charge < -0.3 is 19.9 Å².